The fraction of sp³-hybridized carbons (Fsp3) is 0.414. The third-order valence-corrected chi connectivity index (χ3v) is 7.89. The highest BCUT2D eigenvalue weighted by molar-refractivity contribution is 6.11. The van der Waals surface area contributed by atoms with Gasteiger partial charge in [-0.15, -0.1) is 0 Å². The number of likely N-dealkylation sites (tertiary alicyclic amines) is 2. The van der Waals surface area contributed by atoms with Crippen molar-refractivity contribution in [1.29, 1.82) is 0 Å². The minimum atomic E-state index is -4.81. The maximum absolute atomic E-state index is 14.3. The predicted molar refractivity (Wildman–Crippen MR) is 139 cm³/mol. The summed E-state index contributed by atoms with van der Waals surface area (Å²) in [5.41, 5.74) is -2.83. The molecule has 13 heteroatoms. The summed E-state index contributed by atoms with van der Waals surface area (Å²) in [6.45, 7) is 2.38. The Balaban J connectivity index is 1.55. The van der Waals surface area contributed by atoms with E-state index in [-0.39, 0.29) is 25.9 Å². The molecule has 42 heavy (non-hydrogen) atoms. The molecule has 2 aromatic carbocycles. The van der Waals surface area contributed by atoms with Crippen molar-refractivity contribution >= 4 is 29.6 Å². The molecule has 4 amide bonds. The number of nitrogens with zero attached hydrogens (tertiary/aromatic N) is 2. The van der Waals surface area contributed by atoms with Crippen LogP contribution in [0.3, 0.4) is 0 Å². The average Bonchev–Trinajstić information content (AvgIpc) is 3.12. The number of imide groups is 1. The van der Waals surface area contributed by atoms with Gasteiger partial charge in [-0.1, -0.05) is 44.2 Å². The van der Waals surface area contributed by atoms with Gasteiger partial charge in [0.05, 0.1) is 22.5 Å². The molecular formula is C29H29F4N3O6. The SMILES string of the molecule is CC(C)[C@@H](NC(=O)c1cc(C(F)(F)F)ccc1F)C(=O)N1CCC2(CC1)C(=O)N(CC(=O)O)C(=O)C2c1ccccc1. The summed E-state index contributed by atoms with van der Waals surface area (Å²) < 4.78 is 53.7. The Morgan fingerprint density at radius 3 is 2.21 bits per heavy atom. The molecule has 2 fully saturated rings. The summed E-state index contributed by atoms with van der Waals surface area (Å²) in [4.78, 5) is 66.7. The van der Waals surface area contributed by atoms with Gasteiger partial charge in [-0.05, 0) is 42.5 Å². The van der Waals surface area contributed by atoms with Gasteiger partial charge < -0.3 is 15.3 Å². The first kappa shape index (κ1) is 30.7. The fourth-order valence-corrected chi connectivity index (χ4v) is 5.71. The topological polar surface area (TPSA) is 124 Å². The first-order valence-electron chi connectivity index (χ1n) is 13.3. The molecule has 1 unspecified atom stereocenters. The van der Waals surface area contributed by atoms with Crippen molar-refractivity contribution in [3.63, 3.8) is 0 Å². The Kier molecular flexibility index (Phi) is 8.42. The maximum atomic E-state index is 14.3. The van der Waals surface area contributed by atoms with E-state index in [2.05, 4.69) is 5.32 Å². The molecule has 0 bridgehead atoms. The summed E-state index contributed by atoms with van der Waals surface area (Å²) in [7, 11) is 0. The molecule has 0 aromatic heterocycles. The molecule has 2 saturated heterocycles. The zero-order valence-corrected chi connectivity index (χ0v) is 22.8. The van der Waals surface area contributed by atoms with Gasteiger partial charge >= 0.3 is 12.1 Å². The molecule has 224 valence electrons. The molecule has 9 nitrogen and oxygen atoms in total. The van der Waals surface area contributed by atoms with Crippen molar-refractivity contribution in [3.8, 4) is 0 Å². The van der Waals surface area contributed by atoms with Gasteiger partial charge in [-0.3, -0.25) is 28.9 Å². The number of carbonyl (C=O) groups excluding carboxylic acids is 4. The quantitative estimate of drug-likeness (QED) is 0.376. The lowest BCUT2D eigenvalue weighted by molar-refractivity contribution is -0.151. The van der Waals surface area contributed by atoms with Gasteiger partial charge in [0.2, 0.25) is 17.7 Å². The van der Waals surface area contributed by atoms with E-state index in [1.807, 2.05) is 0 Å². The number of halogens is 4. The van der Waals surface area contributed by atoms with E-state index in [0.717, 1.165) is 4.90 Å². The van der Waals surface area contributed by atoms with E-state index in [0.29, 0.717) is 23.8 Å². The monoisotopic (exact) mass is 591 g/mol. The van der Waals surface area contributed by atoms with E-state index in [4.69, 9.17) is 0 Å². The second kappa shape index (κ2) is 11.5. The van der Waals surface area contributed by atoms with Crippen molar-refractivity contribution in [1.82, 2.24) is 15.1 Å². The molecule has 2 heterocycles. The largest absolute Gasteiger partial charge is 0.480 e. The fourth-order valence-electron chi connectivity index (χ4n) is 5.71. The molecule has 2 N–H and O–H groups in total. The number of hydrogen-bond donors (Lipinski definition) is 2. The summed E-state index contributed by atoms with van der Waals surface area (Å²) in [6.07, 6.45) is -4.75. The van der Waals surface area contributed by atoms with Crippen LogP contribution in [0.5, 0.6) is 0 Å². The summed E-state index contributed by atoms with van der Waals surface area (Å²) >= 11 is 0. The third-order valence-electron chi connectivity index (χ3n) is 7.89. The maximum Gasteiger partial charge on any atom is 0.416 e. The molecule has 0 aliphatic carbocycles. The third kappa shape index (κ3) is 5.72. The number of nitrogens with one attached hydrogen (secondary N) is 1. The summed E-state index contributed by atoms with van der Waals surface area (Å²) in [5.74, 6) is -7.07. The van der Waals surface area contributed by atoms with Crippen molar-refractivity contribution in [2.45, 2.75) is 44.8 Å². The average molecular weight is 592 g/mol. The highest BCUT2D eigenvalue weighted by Gasteiger charge is 2.61. The molecule has 2 atom stereocenters. The molecule has 2 aliphatic heterocycles. The van der Waals surface area contributed by atoms with Crippen molar-refractivity contribution in [2.24, 2.45) is 11.3 Å². The standard InChI is InChI=1S/C29H29F4N3O6/c1-16(2)23(34-24(39)19-14-18(29(31,32)33)8-9-20(19)30)26(41)35-12-10-28(11-13-35)22(17-6-4-3-5-7-17)25(40)36(27(28)42)15-21(37)38/h3-9,14,16,22-23H,10-13,15H2,1-2H3,(H,34,39)(H,37,38)/t22?,23-/m1/s1. The number of carboxylic acid groups (broad SMARTS) is 1. The number of benzene rings is 2. The van der Waals surface area contributed by atoms with Crippen LogP contribution in [-0.2, 0) is 25.4 Å². The van der Waals surface area contributed by atoms with E-state index in [9.17, 15) is 46.6 Å². The number of amides is 4. The van der Waals surface area contributed by atoms with Gasteiger partial charge in [0.1, 0.15) is 18.4 Å². The van der Waals surface area contributed by atoms with Crippen molar-refractivity contribution < 1.29 is 46.6 Å². The Bertz CT molecular complexity index is 1400. The van der Waals surface area contributed by atoms with Gasteiger partial charge in [0.25, 0.3) is 5.91 Å². The number of alkyl halides is 3. The number of carboxylic acids is 1. The normalized spacial score (nSPS) is 19.4. The van der Waals surface area contributed by atoms with Crippen LogP contribution in [0, 0.1) is 17.2 Å². The van der Waals surface area contributed by atoms with Crippen LogP contribution in [0.15, 0.2) is 48.5 Å². The summed E-state index contributed by atoms with van der Waals surface area (Å²) in [5, 5.41) is 11.7. The van der Waals surface area contributed by atoms with Crippen LogP contribution >= 0.6 is 0 Å². The molecule has 1 spiro atoms. The van der Waals surface area contributed by atoms with Gasteiger partial charge in [-0.25, -0.2) is 4.39 Å². The summed E-state index contributed by atoms with van der Waals surface area (Å²) in [6, 6.07) is 8.68. The molecule has 2 aromatic rings. The number of piperidine rings is 1. The minimum absolute atomic E-state index is 0.0148. The van der Waals surface area contributed by atoms with Crippen LogP contribution in [0.2, 0.25) is 0 Å². The van der Waals surface area contributed by atoms with Gasteiger partial charge in [0, 0.05) is 13.1 Å². The zero-order valence-electron chi connectivity index (χ0n) is 22.8. The van der Waals surface area contributed by atoms with Crippen LogP contribution in [0.1, 0.15) is 54.1 Å². The van der Waals surface area contributed by atoms with Crippen LogP contribution < -0.4 is 5.32 Å². The number of carbonyl (C=O) groups is 5. The molecule has 4 rings (SSSR count). The number of hydrogen-bond acceptors (Lipinski definition) is 5. The zero-order chi connectivity index (χ0) is 31.0. The lowest BCUT2D eigenvalue weighted by Crippen LogP contribution is -2.55. The smallest absolute Gasteiger partial charge is 0.416 e. The Morgan fingerprint density at radius 2 is 1.67 bits per heavy atom. The van der Waals surface area contributed by atoms with Crippen LogP contribution in [-0.4, -0.2) is 70.2 Å². The van der Waals surface area contributed by atoms with Gasteiger partial charge in [-0.2, -0.15) is 13.2 Å². The minimum Gasteiger partial charge on any atom is -0.480 e. The molecule has 0 saturated carbocycles. The molecule has 2 aliphatic rings. The molecule has 0 radical (unpaired) electrons. The number of rotatable bonds is 7. The second-order valence-corrected chi connectivity index (χ2v) is 10.8. The Hall–Kier alpha value is -4.29. The van der Waals surface area contributed by atoms with Crippen LogP contribution in [0.4, 0.5) is 17.6 Å². The first-order valence-corrected chi connectivity index (χ1v) is 13.3. The Morgan fingerprint density at radius 1 is 1.05 bits per heavy atom. The lowest BCUT2D eigenvalue weighted by Gasteiger charge is -2.41. The van der Waals surface area contributed by atoms with E-state index in [1.54, 1.807) is 44.2 Å². The molecular weight excluding hydrogens is 562 g/mol. The predicted octanol–water partition coefficient (Wildman–Crippen LogP) is 3.44. The first-order chi connectivity index (χ1) is 19.7. The number of aliphatic carboxylic acids is 1. The highest BCUT2D eigenvalue weighted by atomic mass is 19.4. The van der Waals surface area contributed by atoms with Crippen LogP contribution in [0.25, 0.3) is 0 Å². The van der Waals surface area contributed by atoms with Crippen molar-refractivity contribution in [3.05, 3.63) is 71.0 Å². The lowest BCUT2D eigenvalue weighted by atomic mass is 9.67. The van der Waals surface area contributed by atoms with E-state index >= 15 is 0 Å². The van der Waals surface area contributed by atoms with E-state index < -0.39 is 82.6 Å². The van der Waals surface area contributed by atoms with Gasteiger partial charge in [0.15, 0.2) is 0 Å². The highest BCUT2D eigenvalue weighted by Crippen LogP contribution is 2.51. The Labute approximate surface area is 238 Å². The van der Waals surface area contributed by atoms with E-state index in [1.165, 1.54) is 4.90 Å². The second-order valence-electron chi connectivity index (χ2n) is 10.8. The van der Waals surface area contributed by atoms with Crippen molar-refractivity contribution in [2.75, 3.05) is 19.6 Å².